The van der Waals surface area contributed by atoms with E-state index in [1.807, 2.05) is 6.07 Å². The molecular weight excluding hydrogens is 166 g/mol. The van der Waals surface area contributed by atoms with Crippen molar-refractivity contribution in [1.29, 1.82) is 0 Å². The first-order chi connectivity index (χ1) is 6.45. The van der Waals surface area contributed by atoms with Crippen LogP contribution < -0.4 is 10.6 Å². The lowest BCUT2D eigenvalue weighted by molar-refractivity contribution is 0.369. The van der Waals surface area contributed by atoms with Gasteiger partial charge in [0.15, 0.2) is 0 Å². The van der Waals surface area contributed by atoms with Crippen LogP contribution in [0.15, 0.2) is 16.8 Å². The number of aromatic nitrogens is 1. The molecule has 0 saturated carbocycles. The molecule has 1 saturated heterocycles. The van der Waals surface area contributed by atoms with E-state index in [2.05, 4.69) is 15.8 Å². The predicted octanol–water partition coefficient (Wildman–Crippen LogP) is 0.516. The molecule has 1 atom stereocenters. The molecule has 0 bridgehead atoms. The highest BCUT2D eigenvalue weighted by molar-refractivity contribution is 4.92. The first-order valence-corrected chi connectivity index (χ1v) is 4.79. The number of rotatable bonds is 4. The molecular formula is C9H15N3O. The zero-order valence-electron chi connectivity index (χ0n) is 7.62. The normalized spacial score (nSPS) is 22.3. The van der Waals surface area contributed by atoms with Gasteiger partial charge in [-0.2, -0.15) is 0 Å². The maximum absolute atomic E-state index is 4.97. The standard InChI is InChI=1S/C9H15N3O/c1-2-8(11-4-1)6-10-7-9-3-5-12-13-9/h3,5,8,10-11H,1-2,4,6-7H2. The Labute approximate surface area is 77.7 Å². The molecule has 1 aliphatic heterocycles. The van der Waals surface area contributed by atoms with Crippen LogP contribution >= 0.6 is 0 Å². The zero-order chi connectivity index (χ0) is 8.93. The lowest BCUT2D eigenvalue weighted by Crippen LogP contribution is -2.33. The molecule has 0 spiro atoms. The molecule has 1 unspecified atom stereocenters. The predicted molar refractivity (Wildman–Crippen MR) is 49.2 cm³/mol. The van der Waals surface area contributed by atoms with Crippen LogP contribution in [0.1, 0.15) is 18.6 Å². The summed E-state index contributed by atoms with van der Waals surface area (Å²) in [6, 6.07) is 2.53. The van der Waals surface area contributed by atoms with Crippen LogP contribution in [0.5, 0.6) is 0 Å². The Balaban J connectivity index is 1.63. The summed E-state index contributed by atoms with van der Waals surface area (Å²) in [4.78, 5) is 0. The van der Waals surface area contributed by atoms with Crippen LogP contribution in [0, 0.1) is 0 Å². The number of hydrogen-bond acceptors (Lipinski definition) is 4. The second-order valence-corrected chi connectivity index (χ2v) is 3.40. The van der Waals surface area contributed by atoms with Gasteiger partial charge in [-0.1, -0.05) is 5.16 Å². The molecule has 0 aromatic carbocycles. The summed E-state index contributed by atoms with van der Waals surface area (Å²) in [6.45, 7) is 2.95. The van der Waals surface area contributed by atoms with Crippen molar-refractivity contribution in [2.45, 2.75) is 25.4 Å². The van der Waals surface area contributed by atoms with Crippen molar-refractivity contribution in [3.63, 3.8) is 0 Å². The highest BCUT2D eigenvalue weighted by atomic mass is 16.5. The second-order valence-electron chi connectivity index (χ2n) is 3.40. The molecule has 4 nitrogen and oxygen atoms in total. The maximum Gasteiger partial charge on any atom is 0.150 e. The Morgan fingerprint density at radius 2 is 2.69 bits per heavy atom. The third kappa shape index (κ3) is 2.54. The molecule has 2 heterocycles. The van der Waals surface area contributed by atoms with Gasteiger partial charge < -0.3 is 15.2 Å². The summed E-state index contributed by atoms with van der Waals surface area (Å²) in [5.74, 6) is 0.901. The summed E-state index contributed by atoms with van der Waals surface area (Å²) in [6.07, 6.45) is 4.25. The summed E-state index contributed by atoms with van der Waals surface area (Å²) in [5.41, 5.74) is 0. The monoisotopic (exact) mass is 181 g/mol. The SMILES string of the molecule is c1cc(CNCC2CCCN2)on1. The van der Waals surface area contributed by atoms with Gasteiger partial charge in [-0.25, -0.2) is 0 Å². The summed E-state index contributed by atoms with van der Waals surface area (Å²) >= 11 is 0. The van der Waals surface area contributed by atoms with Gasteiger partial charge in [-0.15, -0.1) is 0 Å². The largest absolute Gasteiger partial charge is 0.360 e. The lowest BCUT2D eigenvalue weighted by Gasteiger charge is -2.09. The summed E-state index contributed by atoms with van der Waals surface area (Å²) in [5, 5.41) is 10.4. The Hall–Kier alpha value is -0.870. The van der Waals surface area contributed by atoms with E-state index in [0.717, 1.165) is 25.4 Å². The minimum Gasteiger partial charge on any atom is -0.360 e. The molecule has 1 aromatic heterocycles. The van der Waals surface area contributed by atoms with E-state index in [1.54, 1.807) is 6.20 Å². The maximum atomic E-state index is 4.97. The van der Waals surface area contributed by atoms with Crippen molar-refractivity contribution in [1.82, 2.24) is 15.8 Å². The van der Waals surface area contributed by atoms with Crippen LogP contribution in [0.25, 0.3) is 0 Å². The van der Waals surface area contributed by atoms with Crippen molar-refractivity contribution < 1.29 is 4.52 Å². The topological polar surface area (TPSA) is 50.1 Å². The molecule has 1 fully saturated rings. The van der Waals surface area contributed by atoms with E-state index in [-0.39, 0.29) is 0 Å². The van der Waals surface area contributed by atoms with Gasteiger partial charge in [0.1, 0.15) is 5.76 Å². The highest BCUT2D eigenvalue weighted by Crippen LogP contribution is 2.03. The van der Waals surface area contributed by atoms with Crippen molar-refractivity contribution in [3.8, 4) is 0 Å². The van der Waals surface area contributed by atoms with E-state index >= 15 is 0 Å². The molecule has 13 heavy (non-hydrogen) atoms. The van der Waals surface area contributed by atoms with E-state index in [4.69, 9.17) is 4.52 Å². The highest BCUT2D eigenvalue weighted by Gasteiger charge is 2.12. The first kappa shape index (κ1) is 8.72. The van der Waals surface area contributed by atoms with E-state index in [1.165, 1.54) is 12.8 Å². The van der Waals surface area contributed by atoms with E-state index in [9.17, 15) is 0 Å². The Bertz CT molecular complexity index is 229. The summed E-state index contributed by atoms with van der Waals surface area (Å²) < 4.78 is 4.97. The van der Waals surface area contributed by atoms with Crippen molar-refractivity contribution in [2.75, 3.05) is 13.1 Å². The van der Waals surface area contributed by atoms with Crippen LogP contribution in [-0.2, 0) is 6.54 Å². The van der Waals surface area contributed by atoms with Crippen molar-refractivity contribution in [2.24, 2.45) is 0 Å². The minimum atomic E-state index is 0.642. The second kappa shape index (κ2) is 4.39. The van der Waals surface area contributed by atoms with Gasteiger partial charge in [-0.3, -0.25) is 0 Å². The third-order valence-electron chi connectivity index (χ3n) is 2.34. The van der Waals surface area contributed by atoms with Gasteiger partial charge in [0.05, 0.1) is 12.7 Å². The quantitative estimate of drug-likeness (QED) is 0.711. The lowest BCUT2D eigenvalue weighted by atomic mass is 10.2. The van der Waals surface area contributed by atoms with Crippen LogP contribution in [0.2, 0.25) is 0 Å². The van der Waals surface area contributed by atoms with Crippen LogP contribution in [-0.4, -0.2) is 24.3 Å². The van der Waals surface area contributed by atoms with E-state index < -0.39 is 0 Å². The fraction of sp³-hybridized carbons (Fsp3) is 0.667. The Kier molecular flexibility index (Phi) is 2.94. The molecule has 2 N–H and O–H groups in total. The summed E-state index contributed by atoms with van der Waals surface area (Å²) in [7, 11) is 0. The molecule has 0 amide bonds. The smallest absolute Gasteiger partial charge is 0.150 e. The first-order valence-electron chi connectivity index (χ1n) is 4.79. The molecule has 1 aromatic rings. The molecule has 1 aliphatic rings. The third-order valence-corrected chi connectivity index (χ3v) is 2.34. The van der Waals surface area contributed by atoms with Gasteiger partial charge in [0.25, 0.3) is 0 Å². The fourth-order valence-electron chi connectivity index (χ4n) is 1.63. The zero-order valence-corrected chi connectivity index (χ0v) is 7.62. The number of nitrogens with zero attached hydrogens (tertiary/aromatic N) is 1. The van der Waals surface area contributed by atoms with Crippen molar-refractivity contribution >= 4 is 0 Å². The Morgan fingerprint density at radius 3 is 3.38 bits per heavy atom. The van der Waals surface area contributed by atoms with Gasteiger partial charge >= 0.3 is 0 Å². The van der Waals surface area contributed by atoms with Crippen LogP contribution in [0.4, 0.5) is 0 Å². The number of nitrogens with one attached hydrogen (secondary N) is 2. The van der Waals surface area contributed by atoms with E-state index in [0.29, 0.717) is 6.04 Å². The van der Waals surface area contributed by atoms with Gasteiger partial charge in [0, 0.05) is 18.7 Å². The average Bonchev–Trinajstić information content (AvgIpc) is 2.75. The molecule has 4 heteroatoms. The molecule has 2 rings (SSSR count). The molecule has 72 valence electrons. The number of hydrogen-bond donors (Lipinski definition) is 2. The van der Waals surface area contributed by atoms with Crippen molar-refractivity contribution in [3.05, 3.63) is 18.0 Å². The molecule has 0 aliphatic carbocycles. The minimum absolute atomic E-state index is 0.642. The fourth-order valence-corrected chi connectivity index (χ4v) is 1.63. The van der Waals surface area contributed by atoms with Gasteiger partial charge in [0.2, 0.25) is 0 Å². The average molecular weight is 181 g/mol. The van der Waals surface area contributed by atoms with Crippen LogP contribution in [0.3, 0.4) is 0 Å². The Morgan fingerprint density at radius 1 is 1.69 bits per heavy atom. The molecule has 0 radical (unpaired) electrons. The van der Waals surface area contributed by atoms with Gasteiger partial charge in [-0.05, 0) is 19.4 Å².